The summed E-state index contributed by atoms with van der Waals surface area (Å²) in [4.78, 5) is 30.0. The molecule has 2 aliphatic heterocycles. The van der Waals surface area contributed by atoms with Gasteiger partial charge in [-0.25, -0.2) is 13.6 Å². The van der Waals surface area contributed by atoms with Crippen LogP contribution in [0.2, 0.25) is 0 Å². The lowest BCUT2D eigenvalue weighted by molar-refractivity contribution is -0.123. The van der Waals surface area contributed by atoms with Crippen molar-refractivity contribution in [1.29, 1.82) is 5.26 Å². The largest absolute Gasteiger partial charge is 0.374 e. The number of nitrogens with one attached hydrogen (secondary N) is 2. The number of fused-ring (bicyclic) bond motifs is 2. The first-order valence-electron chi connectivity index (χ1n) is 8.75. The van der Waals surface area contributed by atoms with Crippen molar-refractivity contribution in [2.75, 3.05) is 18.5 Å². The highest BCUT2D eigenvalue weighted by atomic mass is 19.2. The highest BCUT2D eigenvalue weighted by molar-refractivity contribution is 5.95. The molecule has 3 heterocycles. The van der Waals surface area contributed by atoms with Crippen LogP contribution < -0.4 is 10.6 Å². The number of carbonyl (C=O) groups is 2. The maximum atomic E-state index is 14.0. The molecule has 0 fully saturated rings. The van der Waals surface area contributed by atoms with Crippen molar-refractivity contribution < 1.29 is 23.1 Å². The van der Waals surface area contributed by atoms with Crippen LogP contribution in [-0.2, 0) is 22.7 Å². The van der Waals surface area contributed by atoms with Crippen molar-refractivity contribution in [3.05, 3.63) is 58.4 Å². The van der Waals surface area contributed by atoms with Crippen LogP contribution in [0, 0.1) is 23.0 Å². The second-order valence-corrected chi connectivity index (χ2v) is 6.69. The van der Waals surface area contributed by atoms with E-state index in [1.807, 2.05) is 6.07 Å². The molecule has 0 aliphatic carbocycles. The van der Waals surface area contributed by atoms with Gasteiger partial charge in [0.05, 0.1) is 42.7 Å². The number of ether oxygens (including phenoxy) is 1. The predicted octanol–water partition coefficient (Wildman–Crippen LogP) is 1.97. The molecule has 4 rings (SSSR count). The van der Waals surface area contributed by atoms with Gasteiger partial charge < -0.3 is 20.3 Å². The van der Waals surface area contributed by atoms with Gasteiger partial charge in [-0.1, -0.05) is 0 Å². The number of anilines is 1. The summed E-state index contributed by atoms with van der Waals surface area (Å²) in [5, 5.41) is 14.1. The van der Waals surface area contributed by atoms with Crippen LogP contribution in [0.4, 0.5) is 19.3 Å². The molecule has 1 aromatic carbocycles. The SMILES string of the molecule is N#Cc1cnc2c(c1)COCC2NC(=O)CN1Cc2c(ccc(F)c2F)NC1=O. The zero-order valence-electron chi connectivity index (χ0n) is 15.0. The van der Waals surface area contributed by atoms with E-state index in [1.165, 1.54) is 12.3 Å². The van der Waals surface area contributed by atoms with Crippen LogP contribution in [0.5, 0.6) is 0 Å². The summed E-state index contributed by atoms with van der Waals surface area (Å²) in [6, 6.07) is 4.72. The molecule has 1 atom stereocenters. The fourth-order valence-corrected chi connectivity index (χ4v) is 3.35. The molecular weight excluding hydrogens is 384 g/mol. The van der Waals surface area contributed by atoms with E-state index in [0.29, 0.717) is 16.8 Å². The fourth-order valence-electron chi connectivity index (χ4n) is 3.35. The first-order chi connectivity index (χ1) is 14.0. The third-order valence-corrected chi connectivity index (χ3v) is 4.75. The number of aromatic nitrogens is 1. The summed E-state index contributed by atoms with van der Waals surface area (Å²) in [7, 11) is 0. The van der Waals surface area contributed by atoms with Crippen LogP contribution in [0.3, 0.4) is 0 Å². The van der Waals surface area contributed by atoms with Gasteiger partial charge in [0.2, 0.25) is 5.91 Å². The summed E-state index contributed by atoms with van der Waals surface area (Å²) in [5.41, 5.74) is 1.83. The molecule has 0 saturated heterocycles. The fraction of sp³-hybridized carbons (Fsp3) is 0.263. The molecule has 0 spiro atoms. The van der Waals surface area contributed by atoms with Gasteiger partial charge in [-0.2, -0.15) is 5.26 Å². The number of nitriles is 1. The van der Waals surface area contributed by atoms with Gasteiger partial charge in [0.1, 0.15) is 12.6 Å². The lowest BCUT2D eigenvalue weighted by Gasteiger charge is -2.30. The van der Waals surface area contributed by atoms with Crippen LogP contribution >= 0.6 is 0 Å². The van der Waals surface area contributed by atoms with E-state index in [0.717, 1.165) is 11.0 Å². The molecule has 148 valence electrons. The summed E-state index contributed by atoms with van der Waals surface area (Å²) < 4.78 is 32.9. The minimum Gasteiger partial charge on any atom is -0.374 e. The monoisotopic (exact) mass is 399 g/mol. The number of urea groups is 1. The average molecular weight is 399 g/mol. The quantitative estimate of drug-likeness (QED) is 0.821. The van der Waals surface area contributed by atoms with Gasteiger partial charge in [0.15, 0.2) is 11.6 Å². The molecule has 1 unspecified atom stereocenters. The molecule has 2 aliphatic rings. The first-order valence-corrected chi connectivity index (χ1v) is 8.75. The third kappa shape index (κ3) is 3.60. The smallest absolute Gasteiger partial charge is 0.322 e. The Hall–Kier alpha value is -3.58. The topological polar surface area (TPSA) is 107 Å². The molecule has 2 aromatic rings. The normalized spacial score (nSPS) is 17.6. The molecule has 0 bridgehead atoms. The van der Waals surface area contributed by atoms with E-state index in [4.69, 9.17) is 10.00 Å². The predicted molar refractivity (Wildman–Crippen MR) is 95.3 cm³/mol. The summed E-state index contributed by atoms with van der Waals surface area (Å²) in [6.07, 6.45) is 1.41. The Balaban J connectivity index is 1.46. The Kier molecular flexibility index (Phi) is 4.82. The number of pyridine rings is 1. The summed E-state index contributed by atoms with van der Waals surface area (Å²) in [6.45, 7) is -0.129. The maximum absolute atomic E-state index is 14.0. The number of benzene rings is 1. The molecule has 3 amide bonds. The standard InChI is InChI=1S/C19H15F2N5O3/c20-13-1-2-14-12(17(13)21)6-26(19(28)25-14)7-16(27)24-15-9-29-8-11-3-10(4-22)5-23-18(11)15/h1-3,5,15H,6-9H2,(H,24,27)(H,25,28). The molecule has 0 saturated carbocycles. The van der Waals surface area contributed by atoms with Gasteiger partial charge in [-0.15, -0.1) is 0 Å². The van der Waals surface area contributed by atoms with Crippen molar-refractivity contribution >= 4 is 17.6 Å². The second-order valence-electron chi connectivity index (χ2n) is 6.69. The van der Waals surface area contributed by atoms with Gasteiger partial charge in [-0.05, 0) is 18.2 Å². The highest BCUT2D eigenvalue weighted by Gasteiger charge is 2.30. The van der Waals surface area contributed by atoms with Gasteiger partial charge in [0, 0.05) is 17.3 Å². The molecule has 10 heteroatoms. The molecule has 0 radical (unpaired) electrons. The molecule has 2 N–H and O–H groups in total. The number of amides is 3. The number of halogens is 2. The van der Waals surface area contributed by atoms with E-state index in [1.54, 1.807) is 6.07 Å². The van der Waals surface area contributed by atoms with E-state index < -0.39 is 29.6 Å². The number of nitrogens with zero attached hydrogens (tertiary/aromatic N) is 3. The van der Waals surface area contributed by atoms with E-state index in [2.05, 4.69) is 15.6 Å². The van der Waals surface area contributed by atoms with E-state index in [-0.39, 0.29) is 37.6 Å². The summed E-state index contributed by atoms with van der Waals surface area (Å²) in [5.74, 6) is -2.59. The minimum atomic E-state index is -1.06. The Morgan fingerprint density at radius 2 is 2.28 bits per heavy atom. The van der Waals surface area contributed by atoms with E-state index in [9.17, 15) is 18.4 Å². The van der Waals surface area contributed by atoms with E-state index >= 15 is 0 Å². The zero-order valence-corrected chi connectivity index (χ0v) is 15.0. The van der Waals surface area contributed by atoms with Crippen molar-refractivity contribution in [3.8, 4) is 6.07 Å². The van der Waals surface area contributed by atoms with Gasteiger partial charge in [-0.3, -0.25) is 9.78 Å². The van der Waals surface area contributed by atoms with Crippen LogP contribution in [0.15, 0.2) is 24.4 Å². The Morgan fingerprint density at radius 3 is 3.07 bits per heavy atom. The van der Waals surface area contributed by atoms with Crippen LogP contribution in [-0.4, -0.2) is 35.0 Å². The van der Waals surface area contributed by atoms with Crippen molar-refractivity contribution in [2.45, 2.75) is 19.2 Å². The van der Waals surface area contributed by atoms with Crippen LogP contribution in [0.1, 0.15) is 28.4 Å². The second kappa shape index (κ2) is 7.44. The number of rotatable bonds is 3. The number of hydrogen-bond acceptors (Lipinski definition) is 5. The Morgan fingerprint density at radius 1 is 1.45 bits per heavy atom. The van der Waals surface area contributed by atoms with Crippen LogP contribution in [0.25, 0.3) is 0 Å². The number of hydrogen-bond donors (Lipinski definition) is 2. The van der Waals surface area contributed by atoms with Crippen molar-refractivity contribution in [2.24, 2.45) is 0 Å². The average Bonchev–Trinajstić information content (AvgIpc) is 2.72. The first kappa shape index (κ1) is 18.8. The van der Waals surface area contributed by atoms with Gasteiger partial charge in [0.25, 0.3) is 0 Å². The molecule has 8 nitrogen and oxygen atoms in total. The molecule has 29 heavy (non-hydrogen) atoms. The van der Waals surface area contributed by atoms with Crippen molar-refractivity contribution in [3.63, 3.8) is 0 Å². The maximum Gasteiger partial charge on any atom is 0.322 e. The minimum absolute atomic E-state index is 0.0190. The number of carbonyl (C=O) groups excluding carboxylic acids is 2. The Bertz CT molecular complexity index is 1050. The van der Waals surface area contributed by atoms with Gasteiger partial charge >= 0.3 is 6.03 Å². The molecular formula is C19H15F2N5O3. The van der Waals surface area contributed by atoms with Crippen molar-refractivity contribution in [1.82, 2.24) is 15.2 Å². The molecule has 1 aromatic heterocycles. The third-order valence-electron chi connectivity index (χ3n) is 4.75. The lowest BCUT2D eigenvalue weighted by atomic mass is 10.0. The zero-order chi connectivity index (χ0) is 20.5. The Labute approximate surface area is 164 Å². The lowest BCUT2D eigenvalue weighted by Crippen LogP contribution is -2.46. The highest BCUT2D eigenvalue weighted by Crippen LogP contribution is 2.28. The summed E-state index contributed by atoms with van der Waals surface area (Å²) >= 11 is 0.